The third-order valence-electron chi connectivity index (χ3n) is 3.03. The number of ether oxygens (including phenoxy) is 1. The Kier molecular flexibility index (Phi) is 4.18. The van der Waals surface area contributed by atoms with Crippen molar-refractivity contribution in [2.24, 2.45) is 0 Å². The Balaban J connectivity index is 2.28. The van der Waals surface area contributed by atoms with Gasteiger partial charge < -0.3 is 9.84 Å². The van der Waals surface area contributed by atoms with E-state index in [1.165, 1.54) is 37.3 Å². The highest BCUT2D eigenvalue weighted by atomic mass is 19.1. The molecule has 21 heavy (non-hydrogen) atoms. The average molecular weight is 291 g/mol. The van der Waals surface area contributed by atoms with Gasteiger partial charge >= 0.3 is 0 Å². The van der Waals surface area contributed by atoms with Crippen molar-refractivity contribution in [1.29, 1.82) is 0 Å². The molecule has 5 nitrogen and oxygen atoms in total. The van der Waals surface area contributed by atoms with Crippen molar-refractivity contribution in [1.82, 2.24) is 0 Å². The molecule has 0 unspecified atom stereocenters. The number of aryl methyl sites for hydroxylation is 1. The van der Waals surface area contributed by atoms with Gasteiger partial charge in [-0.2, -0.15) is 0 Å². The molecule has 0 aromatic heterocycles. The Morgan fingerprint density at radius 3 is 2.43 bits per heavy atom. The van der Waals surface area contributed by atoms with Crippen LogP contribution in [-0.4, -0.2) is 10.0 Å². The summed E-state index contributed by atoms with van der Waals surface area (Å²) in [5.41, 5.74) is 0.924. The fourth-order valence-electron chi connectivity index (χ4n) is 1.84. The van der Waals surface area contributed by atoms with Gasteiger partial charge in [0.1, 0.15) is 5.75 Å². The summed E-state index contributed by atoms with van der Waals surface area (Å²) in [6.07, 6.45) is -0.769. The summed E-state index contributed by atoms with van der Waals surface area (Å²) < 4.78 is 19.3. The van der Waals surface area contributed by atoms with Crippen LogP contribution in [0.2, 0.25) is 0 Å². The third-order valence-corrected chi connectivity index (χ3v) is 3.03. The van der Waals surface area contributed by atoms with Gasteiger partial charge in [0, 0.05) is 12.1 Å². The summed E-state index contributed by atoms with van der Waals surface area (Å²) in [6, 6.07) is 8.25. The minimum Gasteiger partial charge on any atom is -0.454 e. The smallest absolute Gasteiger partial charge is 0.269 e. The van der Waals surface area contributed by atoms with Crippen LogP contribution in [0.25, 0.3) is 0 Å². The number of nitro benzene ring substituents is 1. The van der Waals surface area contributed by atoms with Crippen LogP contribution < -0.4 is 4.74 Å². The first-order valence-corrected chi connectivity index (χ1v) is 6.29. The Labute approximate surface area is 120 Å². The topological polar surface area (TPSA) is 72.6 Å². The van der Waals surface area contributed by atoms with Crippen LogP contribution in [0.1, 0.15) is 24.2 Å². The van der Waals surface area contributed by atoms with Crippen molar-refractivity contribution >= 4 is 5.69 Å². The van der Waals surface area contributed by atoms with Gasteiger partial charge in [0.25, 0.3) is 5.69 Å². The lowest BCUT2D eigenvalue weighted by molar-refractivity contribution is -0.384. The number of non-ortho nitro benzene ring substituents is 1. The highest BCUT2D eigenvalue weighted by Crippen LogP contribution is 2.30. The number of benzene rings is 2. The largest absolute Gasteiger partial charge is 0.454 e. The lowest BCUT2D eigenvalue weighted by Crippen LogP contribution is -1.96. The SMILES string of the molecule is Cc1cc([N+](=O)[O-])ccc1Oc1ccc([C@H](C)O)cc1F. The summed E-state index contributed by atoms with van der Waals surface area (Å²) in [5, 5.41) is 20.0. The van der Waals surface area contributed by atoms with Gasteiger partial charge in [-0.05, 0) is 43.2 Å². The van der Waals surface area contributed by atoms with E-state index in [-0.39, 0.29) is 11.4 Å². The monoisotopic (exact) mass is 291 g/mol. The zero-order valence-corrected chi connectivity index (χ0v) is 11.5. The second-order valence-electron chi connectivity index (χ2n) is 4.67. The van der Waals surface area contributed by atoms with Crippen LogP contribution in [0.5, 0.6) is 11.5 Å². The first-order valence-electron chi connectivity index (χ1n) is 6.29. The van der Waals surface area contributed by atoms with Gasteiger partial charge in [0.2, 0.25) is 0 Å². The number of nitrogens with zero attached hydrogens (tertiary/aromatic N) is 1. The van der Waals surface area contributed by atoms with Crippen molar-refractivity contribution in [3.63, 3.8) is 0 Å². The van der Waals surface area contributed by atoms with Crippen molar-refractivity contribution in [3.05, 3.63) is 63.5 Å². The average Bonchev–Trinajstić information content (AvgIpc) is 2.42. The van der Waals surface area contributed by atoms with E-state index in [2.05, 4.69) is 0 Å². The van der Waals surface area contributed by atoms with Crippen LogP contribution in [0.4, 0.5) is 10.1 Å². The van der Waals surface area contributed by atoms with E-state index in [1.54, 1.807) is 13.0 Å². The minimum absolute atomic E-state index is 0.00338. The normalized spacial score (nSPS) is 12.0. The summed E-state index contributed by atoms with van der Waals surface area (Å²) >= 11 is 0. The van der Waals surface area contributed by atoms with Gasteiger partial charge in [-0.25, -0.2) is 4.39 Å². The third kappa shape index (κ3) is 3.35. The predicted octanol–water partition coefficient (Wildman–Crippen LogP) is 3.89. The Morgan fingerprint density at radius 1 is 1.24 bits per heavy atom. The highest BCUT2D eigenvalue weighted by Gasteiger charge is 2.12. The molecule has 0 spiro atoms. The standard InChI is InChI=1S/C15H14FNO4/c1-9-7-12(17(19)20)4-6-14(9)21-15-5-3-11(10(2)18)8-13(15)16/h3-8,10,18H,1-2H3/t10-/m0/s1. The number of hydrogen-bond donors (Lipinski definition) is 1. The zero-order valence-electron chi connectivity index (χ0n) is 11.5. The molecule has 0 saturated heterocycles. The Morgan fingerprint density at radius 2 is 1.90 bits per heavy atom. The molecule has 1 atom stereocenters. The lowest BCUT2D eigenvalue weighted by Gasteiger charge is -2.11. The van der Waals surface area contributed by atoms with Crippen molar-refractivity contribution in [2.75, 3.05) is 0 Å². The van der Waals surface area contributed by atoms with Crippen molar-refractivity contribution in [3.8, 4) is 11.5 Å². The lowest BCUT2D eigenvalue weighted by atomic mass is 10.1. The fourth-order valence-corrected chi connectivity index (χ4v) is 1.84. The molecule has 2 aromatic rings. The zero-order chi connectivity index (χ0) is 15.6. The Hall–Kier alpha value is -2.47. The number of aliphatic hydroxyl groups is 1. The molecule has 110 valence electrons. The van der Waals surface area contributed by atoms with Gasteiger partial charge in [-0.1, -0.05) is 6.07 Å². The number of hydrogen-bond acceptors (Lipinski definition) is 4. The molecule has 0 fully saturated rings. The predicted molar refractivity (Wildman–Crippen MR) is 74.9 cm³/mol. The maximum Gasteiger partial charge on any atom is 0.269 e. The summed E-state index contributed by atoms with van der Waals surface area (Å²) in [4.78, 5) is 10.2. The molecule has 0 heterocycles. The Bertz CT molecular complexity index is 685. The fraction of sp³-hybridized carbons (Fsp3) is 0.200. The van der Waals surface area contributed by atoms with Crippen LogP contribution in [0.15, 0.2) is 36.4 Å². The first kappa shape index (κ1) is 14.9. The van der Waals surface area contributed by atoms with E-state index in [9.17, 15) is 19.6 Å². The second kappa shape index (κ2) is 5.88. The summed E-state index contributed by atoms with van der Waals surface area (Å²) in [6.45, 7) is 3.18. The maximum absolute atomic E-state index is 13.9. The van der Waals surface area contributed by atoms with Gasteiger partial charge in [0.05, 0.1) is 11.0 Å². The van der Waals surface area contributed by atoms with E-state index in [0.717, 1.165) is 0 Å². The molecule has 0 aliphatic carbocycles. The number of aliphatic hydroxyl groups excluding tert-OH is 1. The number of nitro groups is 1. The molecule has 0 radical (unpaired) electrons. The van der Waals surface area contributed by atoms with Crippen LogP contribution >= 0.6 is 0 Å². The van der Waals surface area contributed by atoms with Gasteiger partial charge in [-0.15, -0.1) is 0 Å². The number of rotatable bonds is 4. The highest BCUT2D eigenvalue weighted by molar-refractivity contribution is 5.45. The van der Waals surface area contributed by atoms with E-state index >= 15 is 0 Å². The van der Waals surface area contributed by atoms with Gasteiger partial charge in [0.15, 0.2) is 11.6 Å². The van der Waals surface area contributed by atoms with E-state index < -0.39 is 16.8 Å². The van der Waals surface area contributed by atoms with Gasteiger partial charge in [-0.3, -0.25) is 10.1 Å². The van der Waals surface area contributed by atoms with Crippen LogP contribution in [0.3, 0.4) is 0 Å². The molecule has 0 bridgehead atoms. The van der Waals surface area contributed by atoms with Crippen molar-refractivity contribution < 1.29 is 19.2 Å². The van der Waals surface area contributed by atoms with Crippen molar-refractivity contribution in [2.45, 2.75) is 20.0 Å². The molecule has 6 heteroatoms. The van der Waals surface area contributed by atoms with E-state index in [1.807, 2.05) is 0 Å². The first-order chi connectivity index (χ1) is 9.88. The maximum atomic E-state index is 13.9. The molecule has 2 aromatic carbocycles. The molecule has 1 N–H and O–H groups in total. The molecule has 0 amide bonds. The summed E-state index contributed by atoms with van der Waals surface area (Å²) in [7, 11) is 0. The quantitative estimate of drug-likeness (QED) is 0.685. The van der Waals surface area contributed by atoms with E-state index in [0.29, 0.717) is 16.9 Å². The van der Waals surface area contributed by atoms with Crippen LogP contribution in [0, 0.1) is 22.9 Å². The van der Waals surface area contributed by atoms with E-state index in [4.69, 9.17) is 4.74 Å². The second-order valence-corrected chi connectivity index (χ2v) is 4.67. The van der Waals surface area contributed by atoms with Crippen LogP contribution in [-0.2, 0) is 0 Å². The molecular formula is C15H14FNO4. The molecule has 0 saturated carbocycles. The molecular weight excluding hydrogens is 277 g/mol. The molecule has 2 rings (SSSR count). The molecule has 0 aliphatic heterocycles. The minimum atomic E-state index is -0.769. The molecule has 0 aliphatic rings. The summed E-state index contributed by atoms with van der Waals surface area (Å²) in [5.74, 6) is -0.271. The number of halogens is 1.